The van der Waals surface area contributed by atoms with Gasteiger partial charge in [0.2, 0.25) is 0 Å². The molecule has 2 N–H and O–H groups in total. The number of hydrazone groups is 1. The molecule has 0 aliphatic carbocycles. The van der Waals surface area contributed by atoms with Crippen LogP contribution >= 0.6 is 27.3 Å². The summed E-state index contributed by atoms with van der Waals surface area (Å²) in [6.07, 6.45) is 1.30. The predicted octanol–water partition coefficient (Wildman–Crippen LogP) is 3.68. The lowest BCUT2D eigenvalue weighted by atomic mass is 10.0. The number of benzene rings is 2. The topological polar surface area (TPSA) is 78.8 Å². The van der Waals surface area contributed by atoms with Crippen molar-refractivity contribution < 1.29 is 13.5 Å². The van der Waals surface area contributed by atoms with Crippen LogP contribution in [0.3, 0.4) is 0 Å². The smallest absolute Gasteiger partial charge is 0.286 e. The van der Waals surface area contributed by atoms with Crippen LogP contribution in [0.15, 0.2) is 61.6 Å². The van der Waals surface area contributed by atoms with E-state index < -0.39 is 10.0 Å². The number of phenolic OH excluding ortho intramolecular Hbond substituents is 1. The van der Waals surface area contributed by atoms with Crippen molar-refractivity contribution in [3.8, 4) is 5.75 Å². The van der Waals surface area contributed by atoms with Gasteiger partial charge in [-0.15, -0.1) is 11.3 Å². The van der Waals surface area contributed by atoms with E-state index >= 15 is 0 Å². The minimum Gasteiger partial charge on any atom is -0.507 e. The fraction of sp³-hybridized carbons (Fsp3) is 0. The quantitative estimate of drug-likeness (QED) is 0.508. The highest BCUT2D eigenvalue weighted by molar-refractivity contribution is 9.10. The van der Waals surface area contributed by atoms with Crippen LogP contribution in [-0.2, 0) is 10.0 Å². The fourth-order valence-corrected chi connectivity index (χ4v) is 4.22. The molecule has 0 amide bonds. The number of fused-ring (bicyclic) bond motifs is 1. The number of thiophene rings is 1. The normalized spacial score (nSPS) is 12.0. The molecule has 0 saturated carbocycles. The molecule has 0 saturated heterocycles. The van der Waals surface area contributed by atoms with Gasteiger partial charge >= 0.3 is 0 Å². The summed E-state index contributed by atoms with van der Waals surface area (Å²) in [5, 5.41) is 17.1. The van der Waals surface area contributed by atoms with Gasteiger partial charge < -0.3 is 5.11 Å². The minimum atomic E-state index is -3.68. The van der Waals surface area contributed by atoms with E-state index in [4.69, 9.17) is 0 Å². The maximum atomic E-state index is 12.0. The molecule has 0 unspecified atom stereocenters. The highest BCUT2D eigenvalue weighted by Crippen LogP contribution is 2.28. The zero-order valence-corrected chi connectivity index (χ0v) is 14.8. The largest absolute Gasteiger partial charge is 0.507 e. The van der Waals surface area contributed by atoms with Crippen molar-refractivity contribution in [3.05, 3.63) is 57.9 Å². The molecule has 0 atom stereocenters. The van der Waals surface area contributed by atoms with E-state index in [-0.39, 0.29) is 9.96 Å². The molecule has 23 heavy (non-hydrogen) atoms. The van der Waals surface area contributed by atoms with Crippen molar-refractivity contribution in [2.45, 2.75) is 4.21 Å². The third kappa shape index (κ3) is 3.39. The summed E-state index contributed by atoms with van der Waals surface area (Å²) in [6.45, 7) is 0. The number of aromatic hydroxyl groups is 1. The number of halogens is 1. The highest BCUT2D eigenvalue weighted by atomic mass is 79.9. The average Bonchev–Trinajstić information content (AvgIpc) is 3.04. The van der Waals surface area contributed by atoms with E-state index in [9.17, 15) is 13.5 Å². The molecule has 1 aromatic heterocycles. The second-order valence-corrected chi connectivity index (χ2v) is 8.40. The standard InChI is InChI=1S/C15H11BrN2O3S2/c16-11-4-5-12-10(8-11)3-6-14(19)13(12)9-17-18-23(20,21)15-2-1-7-22-15/h1-9,18-19H/b17-9+. The van der Waals surface area contributed by atoms with Gasteiger partial charge in [-0.25, -0.2) is 0 Å². The van der Waals surface area contributed by atoms with E-state index in [0.29, 0.717) is 5.56 Å². The van der Waals surface area contributed by atoms with Gasteiger partial charge in [-0.2, -0.15) is 18.4 Å². The number of sulfonamides is 1. The Morgan fingerprint density at radius 3 is 2.78 bits per heavy atom. The monoisotopic (exact) mass is 410 g/mol. The maximum Gasteiger partial charge on any atom is 0.286 e. The van der Waals surface area contributed by atoms with Crippen molar-refractivity contribution in [2.75, 3.05) is 0 Å². The molecule has 0 bridgehead atoms. The van der Waals surface area contributed by atoms with Gasteiger partial charge in [0.15, 0.2) is 0 Å². The minimum absolute atomic E-state index is 0.0268. The number of phenols is 1. The molecule has 118 valence electrons. The van der Waals surface area contributed by atoms with Gasteiger partial charge in [0, 0.05) is 10.0 Å². The van der Waals surface area contributed by atoms with E-state index in [1.165, 1.54) is 12.3 Å². The Labute approximate surface area is 145 Å². The van der Waals surface area contributed by atoms with Crippen molar-refractivity contribution in [2.24, 2.45) is 5.10 Å². The summed E-state index contributed by atoms with van der Waals surface area (Å²) >= 11 is 4.49. The molecule has 3 rings (SSSR count). The molecule has 0 fully saturated rings. The van der Waals surface area contributed by atoms with Crippen LogP contribution in [-0.4, -0.2) is 19.7 Å². The molecule has 1 heterocycles. The lowest BCUT2D eigenvalue weighted by molar-refractivity contribution is 0.475. The Morgan fingerprint density at radius 2 is 2.04 bits per heavy atom. The van der Waals surface area contributed by atoms with Gasteiger partial charge in [0.05, 0.1) is 6.21 Å². The third-order valence-electron chi connectivity index (χ3n) is 3.13. The van der Waals surface area contributed by atoms with Crippen molar-refractivity contribution in [1.29, 1.82) is 0 Å². The van der Waals surface area contributed by atoms with E-state index in [1.807, 2.05) is 18.2 Å². The average molecular weight is 411 g/mol. The zero-order valence-electron chi connectivity index (χ0n) is 11.6. The summed E-state index contributed by atoms with van der Waals surface area (Å²) in [4.78, 5) is 2.14. The van der Waals surface area contributed by atoms with Crippen LogP contribution in [0.5, 0.6) is 5.75 Å². The number of rotatable bonds is 4. The molecule has 0 radical (unpaired) electrons. The first-order valence-corrected chi connectivity index (χ1v) is 9.62. The van der Waals surface area contributed by atoms with E-state index in [1.54, 1.807) is 23.6 Å². The van der Waals surface area contributed by atoms with Crippen LogP contribution in [0.4, 0.5) is 0 Å². The maximum absolute atomic E-state index is 12.0. The summed E-state index contributed by atoms with van der Waals surface area (Å²) < 4.78 is 25.1. The summed E-state index contributed by atoms with van der Waals surface area (Å²) in [5.74, 6) is 0.0268. The molecular weight excluding hydrogens is 400 g/mol. The highest BCUT2D eigenvalue weighted by Gasteiger charge is 2.13. The zero-order chi connectivity index (χ0) is 16.4. The molecule has 5 nitrogen and oxygen atoms in total. The molecule has 2 aromatic carbocycles. The van der Waals surface area contributed by atoms with Gasteiger partial charge in [0.1, 0.15) is 9.96 Å². The summed E-state index contributed by atoms with van der Waals surface area (Å²) in [5.41, 5.74) is 0.448. The van der Waals surface area contributed by atoms with Crippen LogP contribution < -0.4 is 4.83 Å². The number of hydrogen-bond donors (Lipinski definition) is 2. The second kappa shape index (κ2) is 6.31. The Kier molecular flexibility index (Phi) is 4.38. The van der Waals surface area contributed by atoms with Gasteiger partial charge in [-0.05, 0) is 40.4 Å². The predicted molar refractivity (Wildman–Crippen MR) is 95.5 cm³/mol. The van der Waals surface area contributed by atoms with Gasteiger partial charge in [-0.1, -0.05) is 34.1 Å². The van der Waals surface area contributed by atoms with Gasteiger partial charge in [0.25, 0.3) is 10.0 Å². The van der Waals surface area contributed by atoms with Crippen molar-refractivity contribution >= 4 is 54.3 Å². The van der Waals surface area contributed by atoms with Crippen molar-refractivity contribution in [1.82, 2.24) is 4.83 Å². The second-order valence-electron chi connectivity index (χ2n) is 4.65. The Hall–Kier alpha value is -1.90. The van der Waals surface area contributed by atoms with Crippen LogP contribution in [0, 0.1) is 0 Å². The molecule has 0 spiro atoms. The van der Waals surface area contributed by atoms with Crippen molar-refractivity contribution in [3.63, 3.8) is 0 Å². The SMILES string of the molecule is O=S(=O)(N/N=C/c1c(O)ccc2cc(Br)ccc12)c1cccs1. The fourth-order valence-electron chi connectivity index (χ4n) is 2.07. The Bertz CT molecular complexity index is 983. The molecule has 0 aliphatic rings. The number of hydrogen-bond acceptors (Lipinski definition) is 5. The molecular formula is C15H11BrN2O3S2. The van der Waals surface area contributed by atoms with Crippen LogP contribution in [0.25, 0.3) is 10.8 Å². The molecule has 3 aromatic rings. The van der Waals surface area contributed by atoms with E-state index in [0.717, 1.165) is 26.6 Å². The number of nitrogens with zero attached hydrogens (tertiary/aromatic N) is 1. The molecule has 8 heteroatoms. The number of nitrogens with one attached hydrogen (secondary N) is 1. The lowest BCUT2D eigenvalue weighted by Crippen LogP contribution is -2.17. The first kappa shape index (κ1) is 16.0. The van der Waals surface area contributed by atoms with Crippen LogP contribution in [0.2, 0.25) is 0 Å². The van der Waals surface area contributed by atoms with Crippen LogP contribution in [0.1, 0.15) is 5.56 Å². The Morgan fingerprint density at radius 1 is 1.22 bits per heavy atom. The Balaban J connectivity index is 1.94. The molecule has 0 aliphatic heterocycles. The first-order chi connectivity index (χ1) is 11.0. The first-order valence-electron chi connectivity index (χ1n) is 6.47. The van der Waals surface area contributed by atoms with Gasteiger partial charge in [-0.3, -0.25) is 0 Å². The van der Waals surface area contributed by atoms with E-state index in [2.05, 4.69) is 25.9 Å². The lowest BCUT2D eigenvalue weighted by Gasteiger charge is -2.06. The third-order valence-corrected chi connectivity index (χ3v) is 6.24. The summed E-state index contributed by atoms with van der Waals surface area (Å²) in [6, 6.07) is 12.0. The summed E-state index contributed by atoms with van der Waals surface area (Å²) in [7, 11) is -3.68.